The molecule has 3 aromatic rings. The minimum Gasteiger partial charge on any atom is -0.478 e. The molecule has 0 unspecified atom stereocenters. The van der Waals surface area contributed by atoms with Gasteiger partial charge in [0.25, 0.3) is 0 Å². The Hall–Kier alpha value is -2.41. The average Bonchev–Trinajstić information content (AvgIpc) is 3.18. The van der Waals surface area contributed by atoms with E-state index in [0.717, 1.165) is 23.5 Å². The van der Waals surface area contributed by atoms with E-state index in [1.165, 1.54) is 23.7 Å². The van der Waals surface area contributed by atoms with Crippen LogP contribution in [0.2, 0.25) is 0 Å². The molecule has 0 saturated heterocycles. The zero-order valence-corrected chi connectivity index (χ0v) is 12.1. The second kappa shape index (κ2) is 5.53. The number of aromatic carboxylic acids is 1. The molecule has 0 aliphatic heterocycles. The third-order valence-electron chi connectivity index (χ3n) is 2.94. The monoisotopic (exact) mass is 303 g/mol. The average molecular weight is 303 g/mol. The number of aromatic nitrogens is 3. The lowest BCUT2D eigenvalue weighted by Crippen LogP contribution is -1.95. The van der Waals surface area contributed by atoms with Crippen LogP contribution >= 0.6 is 11.3 Å². The molecule has 3 heterocycles. The molecule has 21 heavy (non-hydrogen) atoms. The van der Waals surface area contributed by atoms with Crippen LogP contribution in [0.5, 0.6) is 0 Å². The van der Waals surface area contributed by atoms with Crippen molar-refractivity contribution >= 4 is 17.3 Å². The quantitative estimate of drug-likeness (QED) is 0.781. The van der Waals surface area contributed by atoms with Gasteiger partial charge in [0.1, 0.15) is 17.0 Å². The molecule has 3 aromatic heterocycles. The lowest BCUT2D eigenvalue weighted by atomic mass is 10.3. The number of carboxylic acid groups (broad SMARTS) is 1. The van der Waals surface area contributed by atoms with Crippen LogP contribution in [0.1, 0.15) is 23.7 Å². The Morgan fingerprint density at radius 3 is 3.10 bits per heavy atom. The van der Waals surface area contributed by atoms with Gasteiger partial charge in [0.15, 0.2) is 5.76 Å². The molecule has 1 N–H and O–H groups in total. The van der Waals surface area contributed by atoms with Gasteiger partial charge in [-0.25, -0.2) is 9.78 Å². The molecule has 0 fully saturated rings. The smallest absolute Gasteiger partial charge is 0.338 e. The number of thiazole rings is 1. The molecule has 0 radical (unpaired) electrons. The van der Waals surface area contributed by atoms with E-state index >= 15 is 0 Å². The Labute approximate surface area is 124 Å². The van der Waals surface area contributed by atoms with Crippen molar-refractivity contribution in [2.75, 3.05) is 0 Å². The standard InChI is InChI=1S/C14H13N3O3S/c1-2-3-17-6-10(5-15-17)13-16-11(8-21-13)12-4-9(7-20-12)14(18)19/h4-8H,2-3H2,1H3,(H,18,19). The van der Waals surface area contributed by atoms with E-state index in [0.29, 0.717) is 11.5 Å². The van der Waals surface area contributed by atoms with E-state index in [-0.39, 0.29) is 5.56 Å². The molecule has 0 aliphatic carbocycles. The fourth-order valence-electron chi connectivity index (χ4n) is 1.93. The van der Waals surface area contributed by atoms with Crippen LogP contribution in [0.3, 0.4) is 0 Å². The largest absolute Gasteiger partial charge is 0.478 e. The molecule has 7 heteroatoms. The SMILES string of the molecule is CCCn1cc(-c2nc(-c3cc(C(=O)O)co3)cs2)cn1. The molecule has 0 amide bonds. The second-order valence-corrected chi connectivity index (χ2v) is 5.39. The maximum absolute atomic E-state index is 10.8. The Bertz CT molecular complexity index is 772. The summed E-state index contributed by atoms with van der Waals surface area (Å²) in [6.45, 7) is 2.97. The summed E-state index contributed by atoms with van der Waals surface area (Å²) in [7, 11) is 0. The predicted molar refractivity (Wildman–Crippen MR) is 78.3 cm³/mol. The number of hydrogen-bond acceptors (Lipinski definition) is 5. The highest BCUT2D eigenvalue weighted by molar-refractivity contribution is 7.13. The molecule has 108 valence electrons. The van der Waals surface area contributed by atoms with Gasteiger partial charge < -0.3 is 9.52 Å². The Morgan fingerprint density at radius 1 is 1.52 bits per heavy atom. The maximum atomic E-state index is 10.8. The third-order valence-corrected chi connectivity index (χ3v) is 3.83. The van der Waals surface area contributed by atoms with E-state index in [9.17, 15) is 4.79 Å². The Morgan fingerprint density at radius 2 is 2.38 bits per heavy atom. The van der Waals surface area contributed by atoms with Crippen LogP contribution in [-0.4, -0.2) is 25.8 Å². The molecule has 3 rings (SSSR count). The zero-order valence-electron chi connectivity index (χ0n) is 11.3. The Balaban J connectivity index is 1.86. The van der Waals surface area contributed by atoms with E-state index in [1.54, 1.807) is 6.20 Å². The first-order valence-corrected chi connectivity index (χ1v) is 7.36. The van der Waals surface area contributed by atoms with Crippen molar-refractivity contribution in [3.05, 3.63) is 35.7 Å². The van der Waals surface area contributed by atoms with Crippen molar-refractivity contribution in [3.8, 4) is 22.0 Å². The van der Waals surface area contributed by atoms with Gasteiger partial charge in [0.2, 0.25) is 0 Å². The van der Waals surface area contributed by atoms with Gasteiger partial charge in [-0.3, -0.25) is 4.68 Å². The van der Waals surface area contributed by atoms with Crippen LogP contribution in [0.25, 0.3) is 22.0 Å². The number of carboxylic acids is 1. The fourth-order valence-corrected chi connectivity index (χ4v) is 2.71. The van der Waals surface area contributed by atoms with Gasteiger partial charge in [0.05, 0.1) is 11.8 Å². The van der Waals surface area contributed by atoms with Crippen LogP contribution in [0, 0.1) is 0 Å². The van der Waals surface area contributed by atoms with Crippen molar-refractivity contribution in [3.63, 3.8) is 0 Å². The summed E-state index contributed by atoms with van der Waals surface area (Å²) in [6, 6.07) is 1.47. The highest BCUT2D eigenvalue weighted by Crippen LogP contribution is 2.29. The van der Waals surface area contributed by atoms with Crippen molar-refractivity contribution in [2.24, 2.45) is 0 Å². The summed E-state index contributed by atoms with van der Waals surface area (Å²) < 4.78 is 7.13. The first-order chi connectivity index (χ1) is 10.2. The summed E-state index contributed by atoms with van der Waals surface area (Å²) in [5.41, 5.74) is 1.70. The topological polar surface area (TPSA) is 81.2 Å². The van der Waals surface area contributed by atoms with Crippen molar-refractivity contribution in [1.29, 1.82) is 0 Å². The first kappa shape index (κ1) is 13.6. The molecule has 0 bridgehead atoms. The lowest BCUT2D eigenvalue weighted by Gasteiger charge is -1.94. The van der Waals surface area contributed by atoms with Crippen LogP contribution in [-0.2, 0) is 6.54 Å². The van der Waals surface area contributed by atoms with Gasteiger partial charge in [-0.2, -0.15) is 5.10 Å². The number of furan rings is 1. The summed E-state index contributed by atoms with van der Waals surface area (Å²) >= 11 is 1.47. The zero-order chi connectivity index (χ0) is 14.8. The number of aryl methyl sites for hydroxylation is 1. The van der Waals surface area contributed by atoms with Gasteiger partial charge in [-0.1, -0.05) is 6.92 Å². The highest BCUT2D eigenvalue weighted by atomic mass is 32.1. The van der Waals surface area contributed by atoms with E-state index in [4.69, 9.17) is 9.52 Å². The minimum absolute atomic E-state index is 0.121. The lowest BCUT2D eigenvalue weighted by molar-refractivity contribution is 0.0696. The third kappa shape index (κ3) is 2.73. The summed E-state index contributed by atoms with van der Waals surface area (Å²) in [5.74, 6) is -0.558. The van der Waals surface area contributed by atoms with Crippen molar-refractivity contribution in [1.82, 2.24) is 14.8 Å². The van der Waals surface area contributed by atoms with E-state index in [1.807, 2.05) is 16.3 Å². The molecule has 6 nitrogen and oxygen atoms in total. The molecule has 0 saturated carbocycles. The second-order valence-electron chi connectivity index (χ2n) is 4.53. The Kier molecular flexibility index (Phi) is 3.57. The first-order valence-electron chi connectivity index (χ1n) is 6.48. The van der Waals surface area contributed by atoms with Gasteiger partial charge in [0, 0.05) is 29.8 Å². The van der Waals surface area contributed by atoms with Gasteiger partial charge >= 0.3 is 5.97 Å². The van der Waals surface area contributed by atoms with Crippen LogP contribution < -0.4 is 0 Å². The fraction of sp³-hybridized carbons (Fsp3) is 0.214. The summed E-state index contributed by atoms with van der Waals surface area (Å²) in [4.78, 5) is 15.3. The molecule has 0 spiro atoms. The number of carbonyl (C=O) groups is 1. The molecule has 0 aliphatic rings. The van der Waals surface area contributed by atoms with E-state index in [2.05, 4.69) is 17.0 Å². The van der Waals surface area contributed by atoms with Crippen LogP contribution in [0.15, 0.2) is 34.5 Å². The van der Waals surface area contributed by atoms with Gasteiger partial charge in [-0.15, -0.1) is 11.3 Å². The summed E-state index contributed by atoms with van der Waals surface area (Å²) in [6.07, 6.45) is 5.98. The van der Waals surface area contributed by atoms with Crippen molar-refractivity contribution < 1.29 is 14.3 Å². The minimum atomic E-state index is -1.01. The number of hydrogen-bond donors (Lipinski definition) is 1. The normalized spacial score (nSPS) is 10.9. The molecule has 0 aromatic carbocycles. The molecular formula is C14H13N3O3S. The predicted octanol–water partition coefficient (Wildman–Crippen LogP) is 3.37. The number of nitrogens with zero attached hydrogens (tertiary/aromatic N) is 3. The van der Waals surface area contributed by atoms with Crippen LogP contribution in [0.4, 0.5) is 0 Å². The van der Waals surface area contributed by atoms with Crippen molar-refractivity contribution in [2.45, 2.75) is 19.9 Å². The molecule has 0 atom stereocenters. The summed E-state index contributed by atoms with van der Waals surface area (Å²) in [5, 5.41) is 15.8. The maximum Gasteiger partial charge on any atom is 0.338 e. The number of rotatable bonds is 5. The van der Waals surface area contributed by atoms with E-state index < -0.39 is 5.97 Å². The molecular weight excluding hydrogens is 290 g/mol. The highest BCUT2D eigenvalue weighted by Gasteiger charge is 2.14. The van der Waals surface area contributed by atoms with Gasteiger partial charge in [-0.05, 0) is 6.42 Å².